The van der Waals surface area contributed by atoms with Crippen molar-refractivity contribution in [2.24, 2.45) is 17.2 Å². The van der Waals surface area contributed by atoms with Gasteiger partial charge >= 0.3 is 5.97 Å². The van der Waals surface area contributed by atoms with Gasteiger partial charge in [-0.05, 0) is 5.56 Å². The summed E-state index contributed by atoms with van der Waals surface area (Å²) in [5.74, 6) is -4.82. The molecule has 0 radical (unpaired) electrons. The van der Waals surface area contributed by atoms with Crippen molar-refractivity contribution in [1.29, 1.82) is 0 Å². The number of primary amides is 2. The van der Waals surface area contributed by atoms with E-state index in [2.05, 4.69) is 10.6 Å². The van der Waals surface area contributed by atoms with E-state index in [1.165, 1.54) is 0 Å². The van der Waals surface area contributed by atoms with Crippen LogP contribution in [0.15, 0.2) is 30.3 Å². The molecule has 0 aliphatic rings. The van der Waals surface area contributed by atoms with Crippen LogP contribution >= 0.6 is 0 Å². The van der Waals surface area contributed by atoms with E-state index in [9.17, 15) is 24.0 Å². The van der Waals surface area contributed by atoms with Crippen LogP contribution in [0.4, 0.5) is 0 Å². The summed E-state index contributed by atoms with van der Waals surface area (Å²) < 4.78 is 0. The van der Waals surface area contributed by atoms with Gasteiger partial charge in [0.25, 0.3) is 0 Å². The minimum atomic E-state index is -1.56. The number of rotatable bonds is 11. The van der Waals surface area contributed by atoms with Crippen molar-refractivity contribution >= 4 is 29.6 Å². The third-order valence-corrected chi connectivity index (χ3v) is 3.69. The van der Waals surface area contributed by atoms with Gasteiger partial charge in [-0.2, -0.15) is 0 Å². The third kappa shape index (κ3) is 7.83. The van der Waals surface area contributed by atoms with Crippen LogP contribution in [-0.4, -0.2) is 52.8 Å². The molecule has 11 heteroatoms. The molecule has 1 aromatic rings. The van der Waals surface area contributed by atoms with Gasteiger partial charge in [-0.1, -0.05) is 30.3 Å². The fourth-order valence-electron chi connectivity index (χ4n) is 2.32. The van der Waals surface area contributed by atoms with Crippen LogP contribution in [0.1, 0.15) is 18.4 Å². The molecule has 0 spiro atoms. The fourth-order valence-corrected chi connectivity index (χ4v) is 2.32. The molecular weight excluding hydrogens is 370 g/mol. The van der Waals surface area contributed by atoms with Gasteiger partial charge < -0.3 is 32.9 Å². The summed E-state index contributed by atoms with van der Waals surface area (Å²) in [7, 11) is 0. The Kier molecular flexibility index (Phi) is 8.56. The second-order valence-electron chi connectivity index (χ2n) is 6.10. The average Bonchev–Trinajstić information content (AvgIpc) is 2.60. The SMILES string of the molecule is NC(=O)CC(N)C(=O)NC(Cc1ccccc1)C(=O)NC(CC(N)=O)C(=O)O. The summed E-state index contributed by atoms with van der Waals surface area (Å²) in [5.41, 5.74) is 16.2. The van der Waals surface area contributed by atoms with Crippen LogP contribution < -0.4 is 27.8 Å². The molecule has 9 N–H and O–H groups in total. The van der Waals surface area contributed by atoms with Gasteiger partial charge in [0.05, 0.1) is 18.9 Å². The predicted molar refractivity (Wildman–Crippen MR) is 97.2 cm³/mol. The van der Waals surface area contributed by atoms with E-state index in [1.54, 1.807) is 30.3 Å². The van der Waals surface area contributed by atoms with Crippen molar-refractivity contribution in [3.8, 4) is 0 Å². The number of aliphatic carboxylic acids is 1. The van der Waals surface area contributed by atoms with E-state index >= 15 is 0 Å². The van der Waals surface area contributed by atoms with E-state index in [-0.39, 0.29) is 6.42 Å². The number of nitrogens with two attached hydrogens (primary N) is 3. The molecule has 3 unspecified atom stereocenters. The molecule has 0 saturated heterocycles. The topological polar surface area (TPSA) is 208 Å². The Hall–Kier alpha value is -3.47. The zero-order valence-electron chi connectivity index (χ0n) is 15.0. The molecule has 1 aromatic carbocycles. The van der Waals surface area contributed by atoms with Crippen LogP contribution in [0.5, 0.6) is 0 Å². The number of amides is 4. The lowest BCUT2D eigenvalue weighted by atomic mass is 10.0. The monoisotopic (exact) mass is 393 g/mol. The summed E-state index contributed by atoms with van der Waals surface area (Å²) in [6, 6.07) is 4.57. The van der Waals surface area contributed by atoms with Crippen molar-refractivity contribution < 1.29 is 29.1 Å². The van der Waals surface area contributed by atoms with Crippen molar-refractivity contribution in [3.05, 3.63) is 35.9 Å². The molecule has 28 heavy (non-hydrogen) atoms. The summed E-state index contributed by atoms with van der Waals surface area (Å²) in [6.07, 6.45) is -1.02. The largest absolute Gasteiger partial charge is 0.480 e. The number of carboxylic acid groups (broad SMARTS) is 1. The number of hydrogen-bond donors (Lipinski definition) is 6. The van der Waals surface area contributed by atoms with Gasteiger partial charge in [0.15, 0.2) is 0 Å². The van der Waals surface area contributed by atoms with Crippen molar-refractivity contribution in [2.45, 2.75) is 37.4 Å². The summed E-state index contributed by atoms with van der Waals surface area (Å²) in [5, 5.41) is 13.7. The fraction of sp³-hybridized carbons (Fsp3) is 0.353. The second kappa shape index (κ2) is 10.6. The van der Waals surface area contributed by atoms with E-state index < -0.39 is 60.6 Å². The zero-order chi connectivity index (χ0) is 21.3. The second-order valence-corrected chi connectivity index (χ2v) is 6.10. The number of carboxylic acids is 1. The summed E-state index contributed by atoms with van der Waals surface area (Å²) in [4.78, 5) is 57.9. The Morgan fingerprint density at radius 3 is 1.89 bits per heavy atom. The van der Waals surface area contributed by atoms with E-state index in [4.69, 9.17) is 22.3 Å². The predicted octanol–water partition coefficient (Wildman–Crippen LogP) is -2.64. The average molecular weight is 393 g/mol. The highest BCUT2D eigenvalue weighted by molar-refractivity contribution is 5.94. The van der Waals surface area contributed by atoms with Crippen molar-refractivity contribution in [2.75, 3.05) is 0 Å². The first-order valence-electron chi connectivity index (χ1n) is 8.29. The Bertz CT molecular complexity index is 739. The first-order valence-corrected chi connectivity index (χ1v) is 8.29. The molecule has 4 amide bonds. The highest BCUT2D eigenvalue weighted by atomic mass is 16.4. The van der Waals surface area contributed by atoms with E-state index in [1.807, 2.05) is 0 Å². The highest BCUT2D eigenvalue weighted by Gasteiger charge is 2.29. The minimum absolute atomic E-state index is 0.0185. The summed E-state index contributed by atoms with van der Waals surface area (Å²) in [6.45, 7) is 0. The number of carbonyl (C=O) groups is 5. The molecule has 0 fully saturated rings. The van der Waals surface area contributed by atoms with E-state index in [0.717, 1.165) is 0 Å². The number of nitrogens with one attached hydrogen (secondary N) is 2. The van der Waals surface area contributed by atoms with Crippen LogP contribution in [-0.2, 0) is 30.4 Å². The maximum atomic E-state index is 12.6. The molecule has 0 aromatic heterocycles. The molecule has 0 heterocycles. The summed E-state index contributed by atoms with van der Waals surface area (Å²) >= 11 is 0. The zero-order valence-corrected chi connectivity index (χ0v) is 15.0. The van der Waals surface area contributed by atoms with Crippen LogP contribution in [0.2, 0.25) is 0 Å². The van der Waals surface area contributed by atoms with Crippen LogP contribution in [0, 0.1) is 0 Å². The van der Waals surface area contributed by atoms with Gasteiger partial charge in [0.1, 0.15) is 12.1 Å². The normalized spacial score (nSPS) is 13.6. The first kappa shape index (κ1) is 22.6. The van der Waals surface area contributed by atoms with Gasteiger partial charge in [0.2, 0.25) is 23.6 Å². The lowest BCUT2D eigenvalue weighted by Gasteiger charge is -2.22. The molecule has 3 atom stereocenters. The number of hydrogen-bond acceptors (Lipinski definition) is 6. The van der Waals surface area contributed by atoms with Crippen LogP contribution in [0.3, 0.4) is 0 Å². The number of carbonyl (C=O) groups excluding carboxylic acids is 4. The minimum Gasteiger partial charge on any atom is -0.480 e. The molecular formula is C17H23N5O6. The molecule has 1 rings (SSSR count). The molecule has 0 aliphatic carbocycles. The lowest BCUT2D eigenvalue weighted by molar-refractivity contribution is -0.143. The van der Waals surface area contributed by atoms with E-state index in [0.29, 0.717) is 5.56 Å². The van der Waals surface area contributed by atoms with Gasteiger partial charge in [-0.3, -0.25) is 19.2 Å². The molecule has 152 valence electrons. The quantitative estimate of drug-likeness (QED) is 0.235. The molecule has 0 bridgehead atoms. The van der Waals surface area contributed by atoms with Gasteiger partial charge in [-0.25, -0.2) is 4.79 Å². The lowest BCUT2D eigenvalue weighted by Crippen LogP contribution is -2.56. The van der Waals surface area contributed by atoms with Gasteiger partial charge in [0, 0.05) is 6.42 Å². The van der Waals surface area contributed by atoms with Crippen molar-refractivity contribution in [3.63, 3.8) is 0 Å². The Morgan fingerprint density at radius 1 is 0.857 bits per heavy atom. The molecule has 11 nitrogen and oxygen atoms in total. The molecule has 0 aliphatic heterocycles. The van der Waals surface area contributed by atoms with Crippen molar-refractivity contribution in [1.82, 2.24) is 10.6 Å². The standard InChI is InChI=1S/C17H23N5O6/c18-10(7-13(19)23)15(25)21-11(6-9-4-2-1-3-5-9)16(26)22-12(17(27)28)8-14(20)24/h1-5,10-12H,6-8,18H2,(H2,19,23)(H2,20,24)(H,21,25)(H,22,26)(H,27,28). The third-order valence-electron chi connectivity index (χ3n) is 3.69. The molecule has 0 saturated carbocycles. The van der Waals surface area contributed by atoms with Crippen LogP contribution in [0.25, 0.3) is 0 Å². The number of benzene rings is 1. The smallest absolute Gasteiger partial charge is 0.326 e. The Labute approximate surface area is 160 Å². The Morgan fingerprint density at radius 2 is 1.39 bits per heavy atom. The first-order chi connectivity index (χ1) is 13.1. The highest BCUT2D eigenvalue weighted by Crippen LogP contribution is 2.05. The van der Waals surface area contributed by atoms with Gasteiger partial charge in [-0.15, -0.1) is 0 Å². The Balaban J connectivity index is 2.96. The maximum Gasteiger partial charge on any atom is 0.326 e. The maximum absolute atomic E-state index is 12.6.